The second-order valence-corrected chi connectivity index (χ2v) is 6.77. The Bertz CT molecular complexity index is 970. The van der Waals surface area contributed by atoms with Crippen LogP contribution in [0.2, 0.25) is 0 Å². The third-order valence-corrected chi connectivity index (χ3v) is 4.91. The summed E-state index contributed by atoms with van der Waals surface area (Å²) in [6.07, 6.45) is 0.0658. The van der Waals surface area contributed by atoms with Crippen molar-refractivity contribution in [3.05, 3.63) is 48.5 Å². The van der Waals surface area contributed by atoms with Crippen LogP contribution in [0.15, 0.2) is 21.7 Å². The smallest absolute Gasteiger partial charge is 0.323 e. The van der Waals surface area contributed by atoms with E-state index in [9.17, 15) is 34.1 Å². The molecule has 0 spiro atoms. The Hall–Kier alpha value is -2.29. The van der Waals surface area contributed by atoms with Crippen molar-refractivity contribution in [2.75, 3.05) is 0 Å². The summed E-state index contributed by atoms with van der Waals surface area (Å²) in [5.74, 6) is -1.45. The molecule has 0 bridgehead atoms. The predicted octanol–water partition coefficient (Wildman–Crippen LogP) is 0.220. The second kappa shape index (κ2) is 4.60. The van der Waals surface area contributed by atoms with Gasteiger partial charge in [-0.15, -0.1) is 0 Å². The Kier molecular flexibility index (Phi) is 3.06. The highest BCUT2D eigenvalue weighted by atomic mass is 31.2. The van der Waals surface area contributed by atoms with Crippen LogP contribution in [0.4, 0.5) is 5.69 Å². The van der Waals surface area contributed by atoms with E-state index in [1.54, 1.807) is 0 Å². The number of nitro groups is 1. The second-order valence-electron chi connectivity index (χ2n) is 5.00. The van der Waals surface area contributed by atoms with Gasteiger partial charge in [-0.2, -0.15) is 0 Å². The number of rotatable bonds is 2. The number of nitro benzene ring substituents is 1. The van der Waals surface area contributed by atoms with Crippen molar-refractivity contribution in [1.29, 1.82) is 0 Å². The summed E-state index contributed by atoms with van der Waals surface area (Å²) in [6.45, 7) is 0. The van der Waals surface area contributed by atoms with Crippen LogP contribution in [-0.2, 0) is 11.0 Å². The number of hydrogen-bond donors (Lipinski definition) is 3. The molecule has 0 aliphatic carbocycles. The summed E-state index contributed by atoms with van der Waals surface area (Å²) in [7, 11) is -4.66. The zero-order valence-electron chi connectivity index (χ0n) is 10.9. The first-order chi connectivity index (χ1) is 10.2. The zero-order valence-corrected chi connectivity index (χ0v) is 11.8. The van der Waals surface area contributed by atoms with Gasteiger partial charge in [-0.1, -0.05) is 0 Å². The first-order valence-corrected chi connectivity index (χ1v) is 7.89. The molecule has 2 aromatic rings. The fourth-order valence-electron chi connectivity index (χ4n) is 2.76. The molecule has 1 aromatic heterocycles. The first kappa shape index (κ1) is 14.6. The fraction of sp³-hybridized carbons (Fsp3) is 0.273. The van der Waals surface area contributed by atoms with Gasteiger partial charge in [-0.25, -0.2) is 0 Å². The van der Waals surface area contributed by atoms with Crippen molar-refractivity contribution >= 4 is 24.3 Å². The molecule has 0 fully saturated rings. The average Bonchev–Trinajstić information content (AvgIpc) is 2.42. The first-order valence-electron chi connectivity index (χ1n) is 6.21. The Morgan fingerprint density at radius 2 is 2.05 bits per heavy atom. The van der Waals surface area contributed by atoms with Crippen molar-refractivity contribution in [2.24, 2.45) is 0 Å². The van der Waals surface area contributed by atoms with Gasteiger partial charge >= 0.3 is 18.7 Å². The van der Waals surface area contributed by atoms with E-state index < -0.39 is 29.4 Å². The van der Waals surface area contributed by atoms with Gasteiger partial charge < -0.3 is 14.8 Å². The highest BCUT2D eigenvalue weighted by molar-refractivity contribution is 7.51. The van der Waals surface area contributed by atoms with E-state index in [4.69, 9.17) is 0 Å². The van der Waals surface area contributed by atoms with E-state index in [1.807, 2.05) is 0 Å². The lowest BCUT2D eigenvalue weighted by Gasteiger charge is -2.27. The average molecular weight is 327 g/mol. The topological polar surface area (TPSA) is 156 Å². The van der Waals surface area contributed by atoms with Crippen molar-refractivity contribution < 1.29 is 19.3 Å². The Labute approximate surface area is 121 Å². The van der Waals surface area contributed by atoms with Crippen LogP contribution >= 0.6 is 7.60 Å². The van der Waals surface area contributed by atoms with Gasteiger partial charge in [0, 0.05) is 12.1 Å². The van der Waals surface area contributed by atoms with Gasteiger partial charge in [0.05, 0.1) is 16.0 Å². The van der Waals surface area contributed by atoms with Gasteiger partial charge in [-0.3, -0.25) is 28.8 Å². The van der Waals surface area contributed by atoms with Gasteiger partial charge in [0.2, 0.25) is 0 Å². The molecule has 0 amide bonds. The summed E-state index contributed by atoms with van der Waals surface area (Å²) < 4.78 is 12.4. The van der Waals surface area contributed by atoms with E-state index in [0.29, 0.717) is 5.56 Å². The molecule has 0 saturated heterocycles. The molecule has 2 heterocycles. The largest absolute Gasteiger partial charge is 0.348 e. The molecule has 116 valence electrons. The SMILES string of the molecule is O=c1[nH]c2cc([N+](=O)[O-])cc3c2n(c1=O)C(P(=O)(O)O)CC3. The van der Waals surface area contributed by atoms with E-state index in [-0.39, 0.29) is 29.6 Å². The molecule has 1 aliphatic rings. The molecule has 1 unspecified atom stereocenters. The molecule has 3 rings (SSSR count). The normalized spacial score (nSPS) is 17.6. The minimum absolute atomic E-state index is 0.00644. The zero-order chi connectivity index (χ0) is 16.2. The Morgan fingerprint density at radius 1 is 1.36 bits per heavy atom. The van der Waals surface area contributed by atoms with Crippen molar-refractivity contribution in [3.63, 3.8) is 0 Å². The number of aromatic nitrogens is 2. The van der Waals surface area contributed by atoms with Crippen LogP contribution in [0, 0.1) is 10.1 Å². The van der Waals surface area contributed by atoms with E-state index >= 15 is 0 Å². The number of hydrogen-bond acceptors (Lipinski definition) is 5. The van der Waals surface area contributed by atoms with Crippen molar-refractivity contribution in [1.82, 2.24) is 9.55 Å². The number of nitrogens with one attached hydrogen (secondary N) is 1. The predicted molar refractivity (Wildman–Crippen MR) is 74.9 cm³/mol. The number of benzene rings is 1. The van der Waals surface area contributed by atoms with Crippen molar-refractivity contribution in [2.45, 2.75) is 18.6 Å². The minimum Gasteiger partial charge on any atom is -0.323 e. The lowest BCUT2D eigenvalue weighted by molar-refractivity contribution is -0.384. The highest BCUT2D eigenvalue weighted by Crippen LogP contribution is 2.53. The standard InChI is InChI=1S/C11H10N3O7P/c15-10-11(16)13-8(22(19,20)21)2-1-5-3-6(14(17)18)4-7(12-10)9(5)13/h3-4,8H,1-2H2,(H,12,15)(H2,19,20,21). The van der Waals surface area contributed by atoms with Crippen LogP contribution in [0.25, 0.3) is 11.0 Å². The molecular formula is C11H10N3O7P. The maximum atomic E-state index is 12.0. The minimum atomic E-state index is -4.66. The Balaban J connectivity index is 2.49. The Morgan fingerprint density at radius 3 is 2.64 bits per heavy atom. The lowest BCUT2D eigenvalue weighted by atomic mass is 10.0. The summed E-state index contributed by atoms with van der Waals surface area (Å²) in [5.41, 5.74) is -1.92. The summed E-state index contributed by atoms with van der Waals surface area (Å²) >= 11 is 0. The number of H-pyrrole nitrogens is 1. The summed E-state index contributed by atoms with van der Waals surface area (Å²) in [5, 5.41) is 10.9. The van der Waals surface area contributed by atoms with Crippen LogP contribution in [0.3, 0.4) is 0 Å². The van der Waals surface area contributed by atoms with E-state index in [2.05, 4.69) is 4.98 Å². The van der Waals surface area contributed by atoms with Gasteiger partial charge in [0.25, 0.3) is 5.69 Å². The van der Waals surface area contributed by atoms with Crippen LogP contribution in [-0.4, -0.2) is 24.3 Å². The lowest BCUT2D eigenvalue weighted by Crippen LogP contribution is -2.40. The molecule has 0 saturated carbocycles. The molecule has 1 aliphatic heterocycles. The van der Waals surface area contributed by atoms with Crippen LogP contribution in [0.1, 0.15) is 17.8 Å². The molecular weight excluding hydrogens is 317 g/mol. The summed E-state index contributed by atoms with van der Waals surface area (Å²) in [4.78, 5) is 55.0. The molecule has 3 N–H and O–H groups in total. The maximum absolute atomic E-state index is 12.0. The molecule has 11 heteroatoms. The van der Waals surface area contributed by atoms with E-state index in [1.165, 1.54) is 6.07 Å². The molecule has 1 atom stereocenters. The van der Waals surface area contributed by atoms with Gasteiger partial charge in [0.15, 0.2) is 0 Å². The quantitative estimate of drug-likeness (QED) is 0.308. The maximum Gasteiger partial charge on any atom is 0.348 e. The monoisotopic (exact) mass is 327 g/mol. The molecule has 22 heavy (non-hydrogen) atoms. The number of non-ortho nitro benzene ring substituents is 1. The fourth-order valence-corrected chi connectivity index (χ4v) is 3.74. The molecule has 0 radical (unpaired) electrons. The van der Waals surface area contributed by atoms with Gasteiger partial charge in [0.1, 0.15) is 5.78 Å². The van der Waals surface area contributed by atoms with Crippen LogP contribution in [0.5, 0.6) is 0 Å². The van der Waals surface area contributed by atoms with Gasteiger partial charge in [-0.05, 0) is 18.4 Å². The molecule has 1 aromatic carbocycles. The summed E-state index contributed by atoms with van der Waals surface area (Å²) in [6, 6.07) is 2.31. The highest BCUT2D eigenvalue weighted by Gasteiger charge is 2.36. The number of nitrogens with zero attached hydrogens (tertiary/aromatic N) is 2. The van der Waals surface area contributed by atoms with Crippen LogP contribution < -0.4 is 11.1 Å². The molecule has 10 nitrogen and oxygen atoms in total. The number of aryl methyl sites for hydroxylation is 1. The number of aromatic amines is 1. The third kappa shape index (κ3) is 2.08. The van der Waals surface area contributed by atoms with Crippen molar-refractivity contribution in [3.8, 4) is 0 Å². The third-order valence-electron chi connectivity index (χ3n) is 3.64. The van der Waals surface area contributed by atoms with E-state index in [0.717, 1.165) is 10.6 Å².